The van der Waals surface area contributed by atoms with Crippen LogP contribution in [0.2, 0.25) is 0 Å². The number of carbonyl (C=O) groups excluding carboxylic acids is 1. The van der Waals surface area contributed by atoms with Gasteiger partial charge in [-0.15, -0.1) is 0 Å². The van der Waals surface area contributed by atoms with Crippen molar-refractivity contribution < 1.29 is 13.2 Å². The van der Waals surface area contributed by atoms with Crippen LogP contribution in [0.3, 0.4) is 0 Å². The molecular weight excluding hydrogens is 384 g/mol. The number of fused-ring (bicyclic) bond motifs is 1. The second-order valence-corrected chi connectivity index (χ2v) is 8.85. The molecule has 0 aliphatic carbocycles. The number of sulfonamides is 1. The Labute approximate surface area is 171 Å². The van der Waals surface area contributed by atoms with Crippen LogP contribution >= 0.6 is 0 Å². The molecule has 6 heteroatoms. The summed E-state index contributed by atoms with van der Waals surface area (Å²) >= 11 is 0. The van der Waals surface area contributed by atoms with E-state index in [9.17, 15) is 13.2 Å². The molecule has 29 heavy (non-hydrogen) atoms. The Hall–Kier alpha value is -3.12. The van der Waals surface area contributed by atoms with E-state index in [0.29, 0.717) is 18.8 Å². The van der Waals surface area contributed by atoms with E-state index in [1.54, 1.807) is 30.0 Å². The maximum Gasteiger partial charge on any atom is 0.261 e. The highest BCUT2D eigenvalue weighted by molar-refractivity contribution is 7.92. The van der Waals surface area contributed by atoms with E-state index in [2.05, 4.69) is 4.72 Å². The van der Waals surface area contributed by atoms with Gasteiger partial charge in [-0.25, -0.2) is 8.42 Å². The lowest BCUT2D eigenvalue weighted by atomic mass is 9.99. The number of nitrogens with one attached hydrogen (secondary N) is 1. The van der Waals surface area contributed by atoms with Crippen LogP contribution in [0.15, 0.2) is 77.7 Å². The van der Waals surface area contributed by atoms with Crippen LogP contribution in [-0.4, -0.2) is 25.8 Å². The van der Waals surface area contributed by atoms with Crippen molar-refractivity contribution in [2.24, 2.45) is 0 Å². The van der Waals surface area contributed by atoms with Crippen molar-refractivity contribution >= 4 is 21.6 Å². The van der Waals surface area contributed by atoms with E-state index in [4.69, 9.17) is 0 Å². The zero-order valence-electron chi connectivity index (χ0n) is 16.1. The Morgan fingerprint density at radius 2 is 1.59 bits per heavy atom. The molecule has 1 heterocycles. The minimum atomic E-state index is -3.70. The third-order valence-electron chi connectivity index (χ3n) is 5.19. The summed E-state index contributed by atoms with van der Waals surface area (Å²) in [6.07, 6.45) is 0.781. The molecule has 0 radical (unpaired) electrons. The standard InChI is InChI=1S/C23H22N2O3S/c1-17(26)25-14-13-20-7-10-22(15-21(20)16-25)24-29(27,28)23-11-8-19(9-12-23)18-5-3-2-4-6-18/h2-12,15,24H,13-14,16H2,1H3. The zero-order valence-corrected chi connectivity index (χ0v) is 16.9. The van der Waals surface area contributed by atoms with E-state index >= 15 is 0 Å². The monoisotopic (exact) mass is 406 g/mol. The van der Waals surface area contributed by atoms with Crippen molar-refractivity contribution in [2.75, 3.05) is 11.3 Å². The molecule has 4 rings (SSSR count). The molecule has 0 saturated heterocycles. The second-order valence-electron chi connectivity index (χ2n) is 7.17. The lowest BCUT2D eigenvalue weighted by molar-refractivity contribution is -0.129. The summed E-state index contributed by atoms with van der Waals surface area (Å²) < 4.78 is 28.3. The van der Waals surface area contributed by atoms with Gasteiger partial charge in [0.05, 0.1) is 4.90 Å². The van der Waals surface area contributed by atoms with E-state index in [1.807, 2.05) is 54.6 Å². The number of benzene rings is 3. The summed E-state index contributed by atoms with van der Waals surface area (Å²) in [5, 5.41) is 0. The first-order chi connectivity index (χ1) is 13.9. The summed E-state index contributed by atoms with van der Waals surface area (Å²) in [6, 6.07) is 22.2. The average Bonchev–Trinajstić information content (AvgIpc) is 2.73. The number of anilines is 1. The minimum absolute atomic E-state index is 0.0279. The molecule has 1 aliphatic heterocycles. The fourth-order valence-corrected chi connectivity index (χ4v) is 4.61. The van der Waals surface area contributed by atoms with Crippen molar-refractivity contribution in [3.63, 3.8) is 0 Å². The fraction of sp³-hybridized carbons (Fsp3) is 0.174. The van der Waals surface area contributed by atoms with E-state index < -0.39 is 10.0 Å². The van der Waals surface area contributed by atoms with Crippen LogP contribution in [0.25, 0.3) is 11.1 Å². The Morgan fingerprint density at radius 3 is 2.28 bits per heavy atom. The average molecular weight is 407 g/mol. The molecule has 148 valence electrons. The van der Waals surface area contributed by atoms with E-state index in [-0.39, 0.29) is 10.8 Å². The van der Waals surface area contributed by atoms with Gasteiger partial charge < -0.3 is 4.90 Å². The Balaban J connectivity index is 1.55. The summed E-state index contributed by atoms with van der Waals surface area (Å²) in [6.45, 7) is 2.75. The molecule has 0 aromatic heterocycles. The Kier molecular flexibility index (Phi) is 5.11. The third kappa shape index (κ3) is 4.17. The first-order valence-corrected chi connectivity index (χ1v) is 11.0. The maximum atomic E-state index is 12.8. The second kappa shape index (κ2) is 7.72. The number of amides is 1. The van der Waals surface area contributed by atoms with Gasteiger partial charge in [0.1, 0.15) is 0 Å². The highest BCUT2D eigenvalue weighted by Crippen LogP contribution is 2.26. The smallest absolute Gasteiger partial charge is 0.261 e. The van der Waals surface area contributed by atoms with Crippen LogP contribution < -0.4 is 4.72 Å². The molecule has 1 amide bonds. The molecule has 3 aromatic carbocycles. The minimum Gasteiger partial charge on any atom is -0.338 e. The van der Waals surface area contributed by atoms with Gasteiger partial charge in [0, 0.05) is 25.7 Å². The van der Waals surface area contributed by atoms with Gasteiger partial charge >= 0.3 is 0 Å². The van der Waals surface area contributed by atoms with Crippen molar-refractivity contribution in [1.82, 2.24) is 4.90 Å². The largest absolute Gasteiger partial charge is 0.338 e. The Bertz CT molecular complexity index is 1140. The molecular formula is C23H22N2O3S. The molecule has 0 atom stereocenters. The van der Waals surface area contributed by atoms with Crippen LogP contribution in [0.1, 0.15) is 18.1 Å². The number of hydrogen-bond donors (Lipinski definition) is 1. The normalized spacial score (nSPS) is 13.6. The summed E-state index contributed by atoms with van der Waals surface area (Å²) in [4.78, 5) is 13.6. The molecule has 0 fully saturated rings. The van der Waals surface area contributed by atoms with Gasteiger partial charge in [-0.1, -0.05) is 48.5 Å². The molecule has 1 N–H and O–H groups in total. The summed E-state index contributed by atoms with van der Waals surface area (Å²) in [5.74, 6) is 0.0279. The summed E-state index contributed by atoms with van der Waals surface area (Å²) in [5.41, 5.74) is 4.63. The van der Waals surface area contributed by atoms with Gasteiger partial charge in [0.2, 0.25) is 5.91 Å². The summed E-state index contributed by atoms with van der Waals surface area (Å²) in [7, 11) is -3.70. The van der Waals surface area contributed by atoms with Gasteiger partial charge in [-0.2, -0.15) is 0 Å². The van der Waals surface area contributed by atoms with Gasteiger partial charge in [0.15, 0.2) is 0 Å². The Morgan fingerprint density at radius 1 is 0.897 bits per heavy atom. The van der Waals surface area contributed by atoms with Crippen molar-refractivity contribution in [3.05, 3.63) is 83.9 Å². The molecule has 0 saturated carbocycles. The molecule has 3 aromatic rings. The van der Waals surface area contributed by atoms with Gasteiger partial charge in [0.25, 0.3) is 10.0 Å². The number of rotatable bonds is 4. The number of nitrogens with zero attached hydrogens (tertiary/aromatic N) is 1. The van der Waals surface area contributed by atoms with Crippen molar-refractivity contribution in [2.45, 2.75) is 24.8 Å². The number of hydrogen-bond acceptors (Lipinski definition) is 3. The molecule has 1 aliphatic rings. The first-order valence-electron chi connectivity index (χ1n) is 9.48. The van der Waals surface area contributed by atoms with Crippen LogP contribution in [0.4, 0.5) is 5.69 Å². The lowest BCUT2D eigenvalue weighted by Crippen LogP contribution is -2.34. The highest BCUT2D eigenvalue weighted by Gasteiger charge is 2.20. The van der Waals surface area contributed by atoms with Crippen LogP contribution in [-0.2, 0) is 27.8 Å². The highest BCUT2D eigenvalue weighted by atomic mass is 32.2. The predicted octanol–water partition coefficient (Wildman–Crippen LogP) is 4.06. The lowest BCUT2D eigenvalue weighted by Gasteiger charge is -2.28. The molecule has 0 spiro atoms. The third-order valence-corrected chi connectivity index (χ3v) is 6.59. The maximum absolute atomic E-state index is 12.8. The predicted molar refractivity (Wildman–Crippen MR) is 114 cm³/mol. The van der Waals surface area contributed by atoms with Gasteiger partial charge in [-0.3, -0.25) is 9.52 Å². The SMILES string of the molecule is CC(=O)N1CCc2ccc(NS(=O)(=O)c3ccc(-c4ccccc4)cc3)cc2C1. The molecule has 0 bridgehead atoms. The van der Waals surface area contributed by atoms with Gasteiger partial charge in [-0.05, 0) is 52.9 Å². The fourth-order valence-electron chi connectivity index (χ4n) is 3.56. The topological polar surface area (TPSA) is 66.5 Å². The zero-order chi connectivity index (χ0) is 20.4. The number of carbonyl (C=O) groups is 1. The van der Waals surface area contributed by atoms with Crippen molar-refractivity contribution in [1.29, 1.82) is 0 Å². The first kappa shape index (κ1) is 19.2. The van der Waals surface area contributed by atoms with E-state index in [0.717, 1.165) is 28.7 Å². The van der Waals surface area contributed by atoms with Crippen molar-refractivity contribution in [3.8, 4) is 11.1 Å². The quantitative estimate of drug-likeness (QED) is 0.711. The molecule has 0 unspecified atom stereocenters. The van der Waals surface area contributed by atoms with E-state index in [1.165, 1.54) is 0 Å². The van der Waals surface area contributed by atoms with Crippen LogP contribution in [0, 0.1) is 0 Å². The molecule has 5 nitrogen and oxygen atoms in total. The van der Waals surface area contributed by atoms with Crippen LogP contribution in [0.5, 0.6) is 0 Å².